The van der Waals surface area contributed by atoms with Crippen LogP contribution in [0.1, 0.15) is 0 Å². The number of nitrogens with two attached hydrogens (primary N) is 1. The Morgan fingerprint density at radius 3 is 2.00 bits per heavy atom. The minimum atomic E-state index is -0.981. The zero-order valence-corrected chi connectivity index (χ0v) is 6.28. The van der Waals surface area contributed by atoms with Gasteiger partial charge < -0.3 is 10.8 Å². The van der Waals surface area contributed by atoms with Crippen LogP contribution in [0, 0.1) is 0 Å². The lowest BCUT2D eigenvalue weighted by Gasteiger charge is -1.64. The van der Waals surface area contributed by atoms with Gasteiger partial charge in [0.15, 0.2) is 0 Å². The maximum atomic E-state index is 9.25. The molecule has 0 atom stereocenters. The minimum Gasteiger partial charge on any atom is -0.478 e. The third kappa shape index (κ3) is 105. The van der Waals surface area contributed by atoms with Gasteiger partial charge in [0.2, 0.25) is 0 Å². The van der Waals surface area contributed by atoms with Gasteiger partial charge in [-0.3, -0.25) is 0 Å². The lowest BCUT2D eigenvalue weighted by atomic mass is 10.7. The fourth-order valence-corrected chi connectivity index (χ4v) is 0. The third-order valence-corrected chi connectivity index (χ3v) is 0.175. The molecular weight excluding hydrogens is 158 g/mol. The van der Waals surface area contributed by atoms with Crippen LogP contribution >= 0.6 is 24.8 Å². The van der Waals surface area contributed by atoms with Crippen LogP contribution in [0.2, 0.25) is 0 Å². The Morgan fingerprint density at radius 1 is 1.89 bits per heavy atom. The molecule has 5 heteroatoms. The summed E-state index contributed by atoms with van der Waals surface area (Å²) in [5, 5.41) is 7.60. The number of aliphatic carboxylic acids is 1. The van der Waals surface area contributed by atoms with Crippen LogP contribution in [-0.4, -0.2) is 15.4 Å². The van der Waals surface area contributed by atoms with E-state index < -0.39 is 5.97 Å². The highest BCUT2D eigenvalue weighted by molar-refractivity contribution is 8.10. The van der Waals surface area contributed by atoms with Crippen LogP contribution in [-0.2, 0) is 4.79 Å². The molecule has 0 bridgehead atoms. The van der Waals surface area contributed by atoms with Crippen LogP contribution in [0.5, 0.6) is 0 Å². The topological polar surface area (TPSA) is 63.3 Å². The molecule has 0 saturated carbocycles. The number of hydrogen-bond donors (Lipinski definition) is 3. The molecule has 3 N–H and O–H groups in total. The van der Waals surface area contributed by atoms with Gasteiger partial charge in [0.25, 0.3) is 0 Å². The Bertz CT molecular complexity index is 120. The van der Waals surface area contributed by atoms with Crippen molar-refractivity contribution in [3.05, 3.63) is 12.7 Å². The molecule has 0 fully saturated rings. The van der Waals surface area contributed by atoms with Crippen molar-refractivity contribution in [1.82, 2.24) is 0 Å². The van der Waals surface area contributed by atoms with E-state index in [-0.39, 0.29) is 4.32 Å². The molecule has 0 aliphatic heterocycles. The number of hydrogen-bond acceptors (Lipinski definition) is 2. The first-order valence-corrected chi connectivity index (χ1v) is 2.70. The van der Waals surface area contributed by atoms with Crippen LogP contribution < -0.4 is 5.73 Å². The molecular formula is C4H7NO2S2. The van der Waals surface area contributed by atoms with Crippen LogP contribution in [0.15, 0.2) is 12.7 Å². The SMILES string of the molecule is C=CC(=O)O.NC(=S)S. The summed E-state index contributed by atoms with van der Waals surface area (Å²) in [6.07, 6.45) is 0.833. The van der Waals surface area contributed by atoms with Crippen molar-refractivity contribution in [2.24, 2.45) is 5.73 Å². The summed E-state index contributed by atoms with van der Waals surface area (Å²) >= 11 is 7.65. The Hall–Kier alpha value is -0.550. The Balaban J connectivity index is 0. The lowest BCUT2D eigenvalue weighted by molar-refractivity contribution is -0.131. The zero-order chi connectivity index (χ0) is 7.86. The summed E-state index contributed by atoms with van der Waals surface area (Å²) in [6.45, 7) is 2.96. The van der Waals surface area contributed by atoms with Gasteiger partial charge in [-0.25, -0.2) is 4.79 Å². The molecule has 0 aliphatic carbocycles. The molecule has 3 nitrogen and oxygen atoms in total. The normalized spacial score (nSPS) is 6.33. The second-order valence-corrected chi connectivity index (χ2v) is 2.10. The van der Waals surface area contributed by atoms with E-state index in [1.807, 2.05) is 0 Å². The van der Waals surface area contributed by atoms with Crippen molar-refractivity contribution in [1.29, 1.82) is 0 Å². The molecule has 52 valence electrons. The molecule has 0 spiro atoms. The summed E-state index contributed by atoms with van der Waals surface area (Å²) < 4.78 is 0.194. The fraction of sp³-hybridized carbons (Fsp3) is 0. The van der Waals surface area contributed by atoms with Crippen molar-refractivity contribution in [2.75, 3.05) is 0 Å². The highest BCUT2D eigenvalue weighted by Gasteiger charge is 1.73. The van der Waals surface area contributed by atoms with E-state index >= 15 is 0 Å². The molecule has 0 heterocycles. The van der Waals surface area contributed by atoms with Crippen molar-refractivity contribution < 1.29 is 9.90 Å². The molecule has 0 aromatic rings. The molecule has 0 radical (unpaired) electrons. The highest BCUT2D eigenvalue weighted by Crippen LogP contribution is 1.63. The number of rotatable bonds is 1. The minimum absolute atomic E-state index is 0.194. The smallest absolute Gasteiger partial charge is 0.327 e. The summed E-state index contributed by atoms with van der Waals surface area (Å²) in [4.78, 5) is 9.25. The van der Waals surface area contributed by atoms with Gasteiger partial charge in [0.1, 0.15) is 4.32 Å². The Kier molecular flexibility index (Phi) is 9.33. The number of carboxylic acids is 1. The second kappa shape index (κ2) is 7.45. The fourth-order valence-electron chi connectivity index (χ4n) is 0. The van der Waals surface area contributed by atoms with Gasteiger partial charge in [0.05, 0.1) is 0 Å². The third-order valence-electron chi connectivity index (χ3n) is 0.175. The van der Waals surface area contributed by atoms with E-state index in [9.17, 15) is 4.79 Å². The molecule has 0 aromatic carbocycles. The quantitative estimate of drug-likeness (QED) is 0.299. The molecule has 0 aromatic heterocycles. The van der Waals surface area contributed by atoms with Crippen LogP contribution in [0.25, 0.3) is 0 Å². The first-order chi connectivity index (χ1) is 4.00. The summed E-state index contributed by atoms with van der Waals surface area (Å²) in [5.41, 5.74) is 4.71. The van der Waals surface area contributed by atoms with E-state index in [4.69, 9.17) is 10.8 Å². The Morgan fingerprint density at radius 2 is 2.00 bits per heavy atom. The van der Waals surface area contributed by atoms with E-state index in [0.29, 0.717) is 0 Å². The number of thiocarbonyl (C=S) groups is 1. The highest BCUT2D eigenvalue weighted by atomic mass is 32.1. The summed E-state index contributed by atoms with van der Waals surface area (Å²) in [5.74, 6) is -0.981. The standard InChI is InChI=1S/C3H4O2.CH3NS2/c1-2-3(4)5;2-1(3)4/h2H,1H2,(H,4,5);(H3,2,3,4). The van der Waals surface area contributed by atoms with Crippen molar-refractivity contribution in [2.45, 2.75) is 0 Å². The van der Waals surface area contributed by atoms with Crippen molar-refractivity contribution in [3.8, 4) is 0 Å². The first-order valence-electron chi connectivity index (χ1n) is 1.84. The van der Waals surface area contributed by atoms with Gasteiger partial charge in [0, 0.05) is 6.08 Å². The Labute approximate surface area is 64.0 Å². The predicted octanol–water partition coefficient (Wildman–Crippen LogP) is 0.417. The van der Waals surface area contributed by atoms with Gasteiger partial charge in [-0.15, -0.1) is 12.6 Å². The van der Waals surface area contributed by atoms with Gasteiger partial charge in [-0.05, 0) is 0 Å². The monoisotopic (exact) mass is 165 g/mol. The first kappa shape index (κ1) is 11.3. The molecule has 0 amide bonds. The summed E-state index contributed by atoms with van der Waals surface area (Å²) in [7, 11) is 0. The lowest BCUT2D eigenvalue weighted by Crippen LogP contribution is -1.94. The van der Waals surface area contributed by atoms with E-state index in [2.05, 4.69) is 31.4 Å². The molecule has 0 rings (SSSR count). The maximum Gasteiger partial charge on any atom is 0.327 e. The van der Waals surface area contributed by atoms with Crippen LogP contribution in [0.3, 0.4) is 0 Å². The number of thiol groups is 1. The molecule has 0 aliphatic rings. The molecule has 9 heavy (non-hydrogen) atoms. The predicted molar refractivity (Wildman–Crippen MR) is 43.6 cm³/mol. The van der Waals surface area contributed by atoms with Crippen molar-refractivity contribution >= 4 is 35.1 Å². The average Bonchev–Trinajstić information content (AvgIpc) is 1.65. The zero-order valence-electron chi connectivity index (χ0n) is 4.57. The van der Waals surface area contributed by atoms with Gasteiger partial charge in [-0.2, -0.15) is 0 Å². The van der Waals surface area contributed by atoms with E-state index in [1.54, 1.807) is 0 Å². The van der Waals surface area contributed by atoms with E-state index in [0.717, 1.165) is 6.08 Å². The largest absolute Gasteiger partial charge is 0.478 e. The average molecular weight is 165 g/mol. The van der Waals surface area contributed by atoms with Crippen LogP contribution in [0.4, 0.5) is 0 Å². The van der Waals surface area contributed by atoms with Gasteiger partial charge in [-0.1, -0.05) is 18.8 Å². The molecule has 0 unspecified atom stereocenters. The van der Waals surface area contributed by atoms with Crippen molar-refractivity contribution in [3.63, 3.8) is 0 Å². The number of carbonyl (C=O) groups is 1. The molecule has 0 saturated heterocycles. The van der Waals surface area contributed by atoms with E-state index in [1.165, 1.54) is 0 Å². The number of carboxylic acid groups (broad SMARTS) is 1. The second-order valence-electron chi connectivity index (χ2n) is 0.881. The van der Waals surface area contributed by atoms with Gasteiger partial charge >= 0.3 is 5.97 Å². The summed E-state index contributed by atoms with van der Waals surface area (Å²) in [6, 6.07) is 0. The maximum absolute atomic E-state index is 9.25.